The highest BCUT2D eigenvalue weighted by Crippen LogP contribution is 2.26. The van der Waals surface area contributed by atoms with Gasteiger partial charge in [0.05, 0.1) is 17.6 Å². The van der Waals surface area contributed by atoms with Gasteiger partial charge >= 0.3 is 0 Å². The number of nitrogens with one attached hydrogen (secondary N) is 1. The van der Waals surface area contributed by atoms with Crippen molar-refractivity contribution in [2.75, 3.05) is 11.1 Å². The Balaban J connectivity index is 2.23. The van der Waals surface area contributed by atoms with Crippen LogP contribution in [0.25, 0.3) is 0 Å². The van der Waals surface area contributed by atoms with E-state index < -0.39 is 0 Å². The molecule has 0 radical (unpaired) electrons. The van der Waals surface area contributed by atoms with E-state index in [1.165, 1.54) is 0 Å². The van der Waals surface area contributed by atoms with Crippen molar-refractivity contribution < 1.29 is 5.11 Å². The molecule has 0 fully saturated rings. The Hall–Kier alpha value is -2.23. The molecule has 0 aliphatic carbocycles. The Morgan fingerprint density at radius 3 is 2.69 bits per heavy atom. The number of nitrogen functional groups attached to an aromatic ring is 1. The number of phenols is 1. The predicted molar refractivity (Wildman–Crippen MR) is 64.8 cm³/mol. The van der Waals surface area contributed by atoms with E-state index in [4.69, 9.17) is 5.73 Å². The van der Waals surface area contributed by atoms with Crippen molar-refractivity contribution in [1.29, 1.82) is 0 Å². The number of hydrogen-bond donors (Lipinski definition) is 3. The largest absolute Gasteiger partial charge is 0.506 e. The Kier molecular flexibility index (Phi) is 2.64. The van der Waals surface area contributed by atoms with Gasteiger partial charge in [-0.1, -0.05) is 6.07 Å². The van der Waals surface area contributed by atoms with E-state index in [1.54, 1.807) is 24.4 Å². The van der Waals surface area contributed by atoms with E-state index in [2.05, 4.69) is 10.3 Å². The lowest BCUT2D eigenvalue weighted by molar-refractivity contribution is 0.477. The second kappa shape index (κ2) is 4.10. The molecule has 0 aliphatic rings. The summed E-state index contributed by atoms with van der Waals surface area (Å²) in [6.45, 7) is 1.92. The number of benzene rings is 1. The van der Waals surface area contributed by atoms with Crippen molar-refractivity contribution in [3.05, 3.63) is 42.1 Å². The Bertz CT molecular complexity index is 494. The molecule has 0 amide bonds. The van der Waals surface area contributed by atoms with E-state index in [9.17, 15) is 5.11 Å². The van der Waals surface area contributed by atoms with Crippen molar-refractivity contribution in [2.45, 2.75) is 6.92 Å². The first-order valence-corrected chi connectivity index (χ1v) is 4.93. The highest BCUT2D eigenvalue weighted by molar-refractivity contribution is 5.64. The highest BCUT2D eigenvalue weighted by Gasteiger charge is 2.01. The number of pyridine rings is 1. The summed E-state index contributed by atoms with van der Waals surface area (Å²) >= 11 is 0. The summed E-state index contributed by atoms with van der Waals surface area (Å²) in [7, 11) is 0. The Morgan fingerprint density at radius 1 is 1.25 bits per heavy atom. The van der Waals surface area contributed by atoms with E-state index in [1.807, 2.05) is 19.1 Å². The van der Waals surface area contributed by atoms with Crippen molar-refractivity contribution in [3.8, 4) is 5.75 Å². The topological polar surface area (TPSA) is 71.2 Å². The third kappa shape index (κ3) is 2.23. The third-order valence-electron chi connectivity index (χ3n) is 2.20. The molecule has 0 spiro atoms. The summed E-state index contributed by atoms with van der Waals surface area (Å²) in [5.74, 6) is 0.854. The maximum Gasteiger partial charge on any atom is 0.139 e. The molecule has 0 saturated carbocycles. The Morgan fingerprint density at radius 2 is 2.06 bits per heavy atom. The van der Waals surface area contributed by atoms with Crippen LogP contribution in [-0.4, -0.2) is 10.1 Å². The van der Waals surface area contributed by atoms with Crippen molar-refractivity contribution in [2.24, 2.45) is 0 Å². The molecule has 2 rings (SSSR count). The van der Waals surface area contributed by atoms with Crippen LogP contribution in [0.1, 0.15) is 5.56 Å². The van der Waals surface area contributed by atoms with Crippen LogP contribution in [0.5, 0.6) is 5.75 Å². The van der Waals surface area contributed by atoms with Gasteiger partial charge in [0, 0.05) is 0 Å². The number of aromatic hydroxyl groups is 1. The van der Waals surface area contributed by atoms with Gasteiger partial charge in [-0.25, -0.2) is 4.98 Å². The second-order valence-corrected chi connectivity index (χ2v) is 3.62. The predicted octanol–water partition coefficient (Wildman–Crippen LogP) is 2.42. The van der Waals surface area contributed by atoms with Gasteiger partial charge in [-0.05, 0) is 36.8 Å². The molecule has 0 aliphatic heterocycles. The molecule has 0 saturated heterocycles. The van der Waals surface area contributed by atoms with Crippen molar-refractivity contribution >= 4 is 17.2 Å². The summed E-state index contributed by atoms with van der Waals surface area (Å²) in [4.78, 5) is 4.09. The van der Waals surface area contributed by atoms with E-state index in [0.717, 1.165) is 5.56 Å². The summed E-state index contributed by atoms with van der Waals surface area (Å²) in [5.41, 5.74) is 7.78. The fourth-order valence-corrected chi connectivity index (χ4v) is 1.36. The molecule has 1 aromatic carbocycles. The molecule has 0 atom stereocenters. The SMILES string of the molecule is Cc1ccc(Nc2ccc(N)cn2)c(O)c1. The van der Waals surface area contributed by atoms with Gasteiger partial charge in [0.1, 0.15) is 11.6 Å². The first-order chi connectivity index (χ1) is 7.65. The van der Waals surface area contributed by atoms with Crippen molar-refractivity contribution in [1.82, 2.24) is 4.98 Å². The lowest BCUT2D eigenvalue weighted by Crippen LogP contribution is -1.95. The van der Waals surface area contributed by atoms with Crippen LogP contribution in [-0.2, 0) is 0 Å². The molecule has 4 heteroatoms. The number of anilines is 3. The molecular formula is C12H13N3O. The zero-order chi connectivity index (χ0) is 11.5. The number of nitrogens with zero attached hydrogens (tertiary/aromatic N) is 1. The minimum atomic E-state index is 0.207. The lowest BCUT2D eigenvalue weighted by Gasteiger charge is -2.08. The second-order valence-electron chi connectivity index (χ2n) is 3.62. The number of rotatable bonds is 2. The Labute approximate surface area is 93.8 Å². The molecule has 0 bridgehead atoms. The van der Waals surface area contributed by atoms with E-state index in [-0.39, 0.29) is 5.75 Å². The van der Waals surface area contributed by atoms with Gasteiger partial charge in [-0.15, -0.1) is 0 Å². The minimum absolute atomic E-state index is 0.207. The van der Waals surface area contributed by atoms with Crippen LogP contribution >= 0.6 is 0 Å². The normalized spacial score (nSPS) is 10.1. The average Bonchev–Trinajstić information content (AvgIpc) is 2.25. The maximum absolute atomic E-state index is 9.69. The molecule has 1 heterocycles. The number of nitrogens with two attached hydrogens (primary N) is 1. The quantitative estimate of drug-likeness (QED) is 0.673. The van der Waals surface area contributed by atoms with Crippen LogP contribution < -0.4 is 11.1 Å². The summed E-state index contributed by atoms with van der Waals surface area (Å²) in [6, 6.07) is 8.93. The zero-order valence-corrected chi connectivity index (χ0v) is 8.94. The molecular weight excluding hydrogens is 202 g/mol. The van der Waals surface area contributed by atoms with E-state index in [0.29, 0.717) is 17.2 Å². The zero-order valence-electron chi connectivity index (χ0n) is 8.94. The number of phenolic OH excluding ortho intramolecular Hbond substituents is 1. The molecule has 1 aromatic heterocycles. The number of aromatic nitrogens is 1. The van der Waals surface area contributed by atoms with Gasteiger partial charge in [0.25, 0.3) is 0 Å². The van der Waals surface area contributed by atoms with Crippen LogP contribution in [0.15, 0.2) is 36.5 Å². The van der Waals surface area contributed by atoms with Gasteiger partial charge < -0.3 is 16.2 Å². The van der Waals surface area contributed by atoms with Crippen LogP contribution in [0, 0.1) is 6.92 Å². The summed E-state index contributed by atoms with van der Waals surface area (Å²) in [6.07, 6.45) is 1.56. The molecule has 16 heavy (non-hydrogen) atoms. The fourth-order valence-electron chi connectivity index (χ4n) is 1.36. The smallest absolute Gasteiger partial charge is 0.139 e. The van der Waals surface area contributed by atoms with Crippen LogP contribution in [0.3, 0.4) is 0 Å². The van der Waals surface area contributed by atoms with Crippen molar-refractivity contribution in [3.63, 3.8) is 0 Å². The molecule has 0 unspecified atom stereocenters. The third-order valence-corrected chi connectivity index (χ3v) is 2.20. The maximum atomic E-state index is 9.69. The first-order valence-electron chi connectivity index (χ1n) is 4.93. The monoisotopic (exact) mass is 215 g/mol. The molecule has 2 aromatic rings. The van der Waals surface area contributed by atoms with Crippen LogP contribution in [0.4, 0.5) is 17.2 Å². The minimum Gasteiger partial charge on any atom is -0.506 e. The van der Waals surface area contributed by atoms with Gasteiger partial charge in [-0.3, -0.25) is 0 Å². The van der Waals surface area contributed by atoms with Gasteiger partial charge in [0.15, 0.2) is 0 Å². The van der Waals surface area contributed by atoms with Crippen LogP contribution in [0.2, 0.25) is 0 Å². The van der Waals surface area contributed by atoms with Gasteiger partial charge in [-0.2, -0.15) is 0 Å². The molecule has 4 nitrogen and oxygen atoms in total. The molecule has 82 valence electrons. The summed E-state index contributed by atoms with van der Waals surface area (Å²) < 4.78 is 0. The van der Waals surface area contributed by atoms with Gasteiger partial charge in [0.2, 0.25) is 0 Å². The lowest BCUT2D eigenvalue weighted by atomic mass is 10.2. The standard InChI is InChI=1S/C12H13N3O/c1-8-2-4-10(11(16)6-8)15-12-5-3-9(13)7-14-12/h2-7,16H,13H2,1H3,(H,14,15). The number of hydrogen-bond acceptors (Lipinski definition) is 4. The summed E-state index contributed by atoms with van der Waals surface area (Å²) in [5, 5.41) is 12.7. The molecule has 4 N–H and O–H groups in total. The first kappa shape index (κ1) is 10.3. The fraction of sp³-hybridized carbons (Fsp3) is 0.0833. The average molecular weight is 215 g/mol. The highest BCUT2D eigenvalue weighted by atomic mass is 16.3. The number of aryl methyl sites for hydroxylation is 1. The van der Waals surface area contributed by atoms with E-state index >= 15 is 0 Å².